The predicted molar refractivity (Wildman–Crippen MR) is 63.1 cm³/mol. The van der Waals surface area contributed by atoms with Crippen molar-refractivity contribution >= 4 is 0 Å². The average Bonchev–Trinajstić information content (AvgIpc) is 2.73. The minimum atomic E-state index is -0.228. The molecule has 1 unspecified atom stereocenters. The molecule has 1 aliphatic carbocycles. The van der Waals surface area contributed by atoms with Gasteiger partial charge in [-0.25, -0.2) is 0 Å². The molecule has 1 fully saturated rings. The van der Waals surface area contributed by atoms with Gasteiger partial charge < -0.3 is 14.9 Å². The molecular formula is C13H21NO2. The lowest BCUT2D eigenvalue weighted by molar-refractivity contribution is -0.0487. The first-order chi connectivity index (χ1) is 7.78. The zero-order valence-corrected chi connectivity index (χ0v) is 9.95. The summed E-state index contributed by atoms with van der Waals surface area (Å²) in [5, 5.41) is 0. The first-order valence-electron chi connectivity index (χ1n) is 6.13. The molecule has 0 bridgehead atoms. The minimum Gasteiger partial charge on any atom is -0.468 e. The summed E-state index contributed by atoms with van der Waals surface area (Å²) in [6.45, 7) is 0. The van der Waals surface area contributed by atoms with Crippen LogP contribution in [0.5, 0.6) is 0 Å². The summed E-state index contributed by atoms with van der Waals surface area (Å²) >= 11 is 0. The van der Waals surface area contributed by atoms with Crippen LogP contribution in [0.15, 0.2) is 22.8 Å². The maximum absolute atomic E-state index is 6.31. The van der Waals surface area contributed by atoms with Crippen molar-refractivity contribution in [3.63, 3.8) is 0 Å². The molecule has 1 saturated carbocycles. The van der Waals surface area contributed by atoms with Gasteiger partial charge >= 0.3 is 0 Å². The highest BCUT2D eigenvalue weighted by atomic mass is 16.5. The van der Waals surface area contributed by atoms with Gasteiger partial charge in [0.25, 0.3) is 0 Å². The van der Waals surface area contributed by atoms with E-state index in [4.69, 9.17) is 14.9 Å². The van der Waals surface area contributed by atoms with Crippen LogP contribution >= 0.6 is 0 Å². The Morgan fingerprint density at radius 3 is 2.50 bits per heavy atom. The zero-order chi connectivity index (χ0) is 11.4. The van der Waals surface area contributed by atoms with Gasteiger partial charge in [0.2, 0.25) is 0 Å². The topological polar surface area (TPSA) is 48.4 Å². The molecule has 16 heavy (non-hydrogen) atoms. The highest BCUT2D eigenvalue weighted by Gasteiger charge is 2.39. The summed E-state index contributed by atoms with van der Waals surface area (Å²) in [6, 6.07) is 3.68. The largest absolute Gasteiger partial charge is 0.468 e. The first kappa shape index (κ1) is 11.7. The van der Waals surface area contributed by atoms with E-state index in [0.717, 1.165) is 18.6 Å². The third kappa shape index (κ3) is 2.15. The van der Waals surface area contributed by atoms with Gasteiger partial charge in [-0.15, -0.1) is 0 Å². The van der Waals surface area contributed by atoms with Crippen molar-refractivity contribution in [1.82, 2.24) is 0 Å². The van der Waals surface area contributed by atoms with E-state index in [1.54, 1.807) is 13.4 Å². The van der Waals surface area contributed by atoms with E-state index < -0.39 is 0 Å². The first-order valence-corrected chi connectivity index (χ1v) is 6.13. The second-order valence-corrected chi connectivity index (χ2v) is 4.68. The Labute approximate surface area is 97.0 Å². The monoisotopic (exact) mass is 223 g/mol. The smallest absolute Gasteiger partial charge is 0.123 e. The van der Waals surface area contributed by atoms with Gasteiger partial charge in [0.1, 0.15) is 5.76 Å². The van der Waals surface area contributed by atoms with Crippen molar-refractivity contribution < 1.29 is 9.15 Å². The highest BCUT2D eigenvalue weighted by Crippen LogP contribution is 2.38. The third-order valence-electron chi connectivity index (χ3n) is 3.77. The van der Waals surface area contributed by atoms with Crippen molar-refractivity contribution in [3.8, 4) is 0 Å². The Morgan fingerprint density at radius 1 is 1.31 bits per heavy atom. The molecule has 1 aromatic heterocycles. The molecule has 3 nitrogen and oxygen atoms in total. The standard InChI is InChI=1S/C13H21NO2/c1-15-13(8-4-2-3-5-9-13)12(14)11-7-6-10-16-11/h6-7,10,12H,2-5,8-9,14H2,1H3. The van der Waals surface area contributed by atoms with Crippen molar-refractivity contribution in [3.05, 3.63) is 24.2 Å². The summed E-state index contributed by atoms with van der Waals surface area (Å²) in [4.78, 5) is 0. The van der Waals surface area contributed by atoms with Crippen LogP contribution in [0.2, 0.25) is 0 Å². The number of hydrogen-bond acceptors (Lipinski definition) is 3. The lowest BCUT2D eigenvalue weighted by atomic mass is 9.85. The van der Waals surface area contributed by atoms with E-state index in [-0.39, 0.29) is 11.6 Å². The SMILES string of the molecule is COC1(C(N)c2ccco2)CCCCCC1. The summed E-state index contributed by atoms with van der Waals surface area (Å²) < 4.78 is 11.2. The molecule has 3 heteroatoms. The predicted octanol–water partition coefficient (Wildman–Crippen LogP) is 3.02. The van der Waals surface area contributed by atoms with E-state index in [0.29, 0.717) is 0 Å². The van der Waals surface area contributed by atoms with Crippen LogP contribution in [0.4, 0.5) is 0 Å². The molecular weight excluding hydrogens is 202 g/mol. The van der Waals surface area contributed by atoms with Crippen LogP contribution in [0.3, 0.4) is 0 Å². The Kier molecular flexibility index (Phi) is 3.66. The van der Waals surface area contributed by atoms with E-state index >= 15 is 0 Å². The normalized spacial score (nSPS) is 22.6. The van der Waals surface area contributed by atoms with Gasteiger partial charge in [-0.3, -0.25) is 0 Å². The molecule has 0 saturated heterocycles. The fourth-order valence-corrected chi connectivity index (χ4v) is 2.70. The maximum Gasteiger partial charge on any atom is 0.123 e. The number of ether oxygens (including phenoxy) is 1. The third-order valence-corrected chi connectivity index (χ3v) is 3.77. The van der Waals surface area contributed by atoms with Crippen molar-refractivity contribution in [2.75, 3.05) is 7.11 Å². The Balaban J connectivity index is 2.18. The minimum absolute atomic E-state index is 0.148. The van der Waals surface area contributed by atoms with Crippen molar-refractivity contribution in [2.24, 2.45) is 5.73 Å². The van der Waals surface area contributed by atoms with Crippen LogP contribution in [-0.4, -0.2) is 12.7 Å². The van der Waals surface area contributed by atoms with Gasteiger partial charge in [0.05, 0.1) is 17.9 Å². The summed E-state index contributed by atoms with van der Waals surface area (Å²) in [7, 11) is 1.77. The Hall–Kier alpha value is -0.800. The van der Waals surface area contributed by atoms with E-state index in [1.807, 2.05) is 12.1 Å². The van der Waals surface area contributed by atoms with E-state index in [1.165, 1.54) is 25.7 Å². The summed E-state index contributed by atoms with van der Waals surface area (Å²) in [5.74, 6) is 0.837. The lowest BCUT2D eigenvalue weighted by Crippen LogP contribution is -2.42. The fourth-order valence-electron chi connectivity index (χ4n) is 2.70. The number of hydrogen-bond donors (Lipinski definition) is 1. The molecule has 1 aliphatic rings. The maximum atomic E-state index is 6.31. The van der Waals surface area contributed by atoms with Gasteiger partial charge in [0, 0.05) is 7.11 Å². The van der Waals surface area contributed by atoms with Crippen LogP contribution in [0.1, 0.15) is 50.3 Å². The summed E-state index contributed by atoms with van der Waals surface area (Å²) in [5.41, 5.74) is 6.08. The van der Waals surface area contributed by atoms with Crippen LogP contribution in [0.25, 0.3) is 0 Å². The van der Waals surface area contributed by atoms with Crippen molar-refractivity contribution in [2.45, 2.75) is 50.2 Å². The number of nitrogens with two attached hydrogens (primary N) is 1. The molecule has 0 amide bonds. The number of methoxy groups -OCH3 is 1. The molecule has 1 atom stereocenters. The second-order valence-electron chi connectivity index (χ2n) is 4.68. The molecule has 0 aromatic carbocycles. The molecule has 0 spiro atoms. The van der Waals surface area contributed by atoms with Gasteiger partial charge in [-0.05, 0) is 25.0 Å². The molecule has 0 aliphatic heterocycles. The van der Waals surface area contributed by atoms with E-state index in [2.05, 4.69) is 0 Å². The van der Waals surface area contributed by atoms with Crippen LogP contribution in [0, 0.1) is 0 Å². The molecule has 90 valence electrons. The number of furan rings is 1. The zero-order valence-electron chi connectivity index (χ0n) is 9.95. The second kappa shape index (κ2) is 5.02. The molecule has 1 heterocycles. The van der Waals surface area contributed by atoms with Crippen molar-refractivity contribution in [1.29, 1.82) is 0 Å². The highest BCUT2D eigenvalue weighted by molar-refractivity contribution is 5.10. The fraction of sp³-hybridized carbons (Fsp3) is 0.692. The summed E-state index contributed by atoms with van der Waals surface area (Å²) in [6.07, 6.45) is 8.71. The average molecular weight is 223 g/mol. The lowest BCUT2D eigenvalue weighted by Gasteiger charge is -2.36. The van der Waals surface area contributed by atoms with Crippen LogP contribution in [-0.2, 0) is 4.74 Å². The number of rotatable bonds is 3. The van der Waals surface area contributed by atoms with Gasteiger partial charge in [-0.2, -0.15) is 0 Å². The molecule has 0 radical (unpaired) electrons. The van der Waals surface area contributed by atoms with Crippen LogP contribution < -0.4 is 5.73 Å². The molecule has 2 rings (SSSR count). The molecule has 1 aromatic rings. The van der Waals surface area contributed by atoms with E-state index in [9.17, 15) is 0 Å². The Bertz CT molecular complexity index is 300. The molecule has 2 N–H and O–H groups in total. The van der Waals surface area contributed by atoms with Gasteiger partial charge in [0.15, 0.2) is 0 Å². The quantitative estimate of drug-likeness (QED) is 0.801. The van der Waals surface area contributed by atoms with Gasteiger partial charge in [-0.1, -0.05) is 25.7 Å². The Morgan fingerprint density at radius 2 is 2.00 bits per heavy atom.